The molecule has 1 aromatic carbocycles. The van der Waals surface area contributed by atoms with Gasteiger partial charge in [-0.05, 0) is 54.0 Å². The lowest BCUT2D eigenvalue weighted by Crippen LogP contribution is -2.06. The summed E-state index contributed by atoms with van der Waals surface area (Å²) in [4.78, 5) is 13.5. The Bertz CT molecular complexity index is 550. The van der Waals surface area contributed by atoms with E-state index in [0.717, 1.165) is 22.3 Å². The molecule has 0 bridgehead atoms. The zero-order valence-corrected chi connectivity index (χ0v) is 13.4. The van der Waals surface area contributed by atoms with Crippen molar-refractivity contribution >= 4 is 45.2 Å². The summed E-state index contributed by atoms with van der Waals surface area (Å²) in [5, 5.41) is 3.89. The summed E-state index contributed by atoms with van der Waals surface area (Å²) in [5.41, 5.74) is 0. The standard InChI is InChI=1S/C12H12BrClN4S/c1-2-7-15-11-16-10(14)17-12(18-11)19-9-5-3-8(13)4-6-9/h3-6H,2,7H2,1H3,(H,15,16,17,18). The summed E-state index contributed by atoms with van der Waals surface area (Å²) in [6.45, 7) is 2.88. The molecule has 0 unspecified atom stereocenters. The van der Waals surface area contributed by atoms with Gasteiger partial charge in [-0.15, -0.1) is 0 Å². The van der Waals surface area contributed by atoms with Crippen molar-refractivity contribution in [2.24, 2.45) is 0 Å². The second kappa shape index (κ2) is 7.07. The molecule has 0 saturated carbocycles. The molecule has 1 heterocycles. The van der Waals surface area contributed by atoms with Crippen LogP contribution in [0.15, 0.2) is 38.8 Å². The average Bonchev–Trinajstić information content (AvgIpc) is 2.38. The van der Waals surface area contributed by atoms with Crippen molar-refractivity contribution < 1.29 is 0 Å². The van der Waals surface area contributed by atoms with Crippen LogP contribution in [0.1, 0.15) is 13.3 Å². The minimum absolute atomic E-state index is 0.202. The van der Waals surface area contributed by atoms with Crippen molar-refractivity contribution in [1.29, 1.82) is 0 Å². The van der Waals surface area contributed by atoms with E-state index >= 15 is 0 Å². The molecule has 2 aromatic rings. The highest BCUT2D eigenvalue weighted by Gasteiger charge is 2.06. The lowest BCUT2D eigenvalue weighted by Gasteiger charge is -2.05. The summed E-state index contributed by atoms with van der Waals surface area (Å²) in [6.07, 6.45) is 0.999. The Labute approximate surface area is 129 Å². The Hall–Kier alpha value is -0.850. The van der Waals surface area contributed by atoms with Crippen molar-refractivity contribution in [3.63, 3.8) is 0 Å². The number of nitrogens with one attached hydrogen (secondary N) is 1. The fraction of sp³-hybridized carbons (Fsp3) is 0.250. The van der Waals surface area contributed by atoms with Crippen LogP contribution in [0.3, 0.4) is 0 Å². The molecule has 1 aromatic heterocycles. The first-order valence-electron chi connectivity index (χ1n) is 5.76. The molecule has 0 spiro atoms. The molecule has 4 nitrogen and oxygen atoms in total. The molecular weight excluding hydrogens is 348 g/mol. The molecule has 0 fully saturated rings. The van der Waals surface area contributed by atoms with Gasteiger partial charge in [-0.1, -0.05) is 22.9 Å². The van der Waals surface area contributed by atoms with Gasteiger partial charge in [0.15, 0.2) is 5.16 Å². The second-order valence-electron chi connectivity index (χ2n) is 3.69. The summed E-state index contributed by atoms with van der Waals surface area (Å²) in [5.74, 6) is 0.515. The summed E-state index contributed by atoms with van der Waals surface area (Å²) in [7, 11) is 0. The van der Waals surface area contributed by atoms with E-state index < -0.39 is 0 Å². The van der Waals surface area contributed by atoms with E-state index in [0.29, 0.717) is 11.1 Å². The van der Waals surface area contributed by atoms with E-state index in [1.807, 2.05) is 24.3 Å². The zero-order valence-electron chi connectivity index (χ0n) is 10.2. The minimum atomic E-state index is 0.202. The molecule has 0 aliphatic carbocycles. The third kappa shape index (κ3) is 4.63. The molecule has 0 aliphatic heterocycles. The van der Waals surface area contributed by atoms with Crippen LogP contribution in [0.25, 0.3) is 0 Å². The summed E-state index contributed by atoms with van der Waals surface area (Å²) < 4.78 is 1.04. The third-order valence-electron chi connectivity index (χ3n) is 2.14. The van der Waals surface area contributed by atoms with Gasteiger partial charge < -0.3 is 5.32 Å². The van der Waals surface area contributed by atoms with Crippen LogP contribution in [0.4, 0.5) is 5.95 Å². The monoisotopic (exact) mass is 358 g/mol. The number of nitrogens with zero attached hydrogens (tertiary/aromatic N) is 3. The van der Waals surface area contributed by atoms with E-state index in [4.69, 9.17) is 11.6 Å². The highest BCUT2D eigenvalue weighted by atomic mass is 79.9. The average molecular weight is 360 g/mol. The maximum atomic E-state index is 5.90. The molecule has 0 amide bonds. The molecule has 7 heteroatoms. The maximum Gasteiger partial charge on any atom is 0.228 e. The molecular formula is C12H12BrClN4S. The van der Waals surface area contributed by atoms with Crippen LogP contribution in [-0.2, 0) is 0 Å². The predicted octanol–water partition coefficient (Wildman–Crippen LogP) is 4.26. The van der Waals surface area contributed by atoms with E-state index in [1.54, 1.807) is 0 Å². The number of benzene rings is 1. The van der Waals surface area contributed by atoms with Gasteiger partial charge in [-0.3, -0.25) is 0 Å². The number of hydrogen-bond donors (Lipinski definition) is 1. The van der Waals surface area contributed by atoms with Crippen molar-refractivity contribution in [1.82, 2.24) is 15.0 Å². The third-order valence-corrected chi connectivity index (χ3v) is 3.71. The zero-order chi connectivity index (χ0) is 13.7. The highest BCUT2D eigenvalue weighted by Crippen LogP contribution is 2.27. The van der Waals surface area contributed by atoms with Crippen LogP contribution in [-0.4, -0.2) is 21.5 Å². The van der Waals surface area contributed by atoms with Crippen molar-refractivity contribution in [2.45, 2.75) is 23.4 Å². The van der Waals surface area contributed by atoms with Crippen molar-refractivity contribution in [3.8, 4) is 0 Å². The molecule has 1 N–H and O–H groups in total. The molecule has 0 aliphatic rings. The van der Waals surface area contributed by atoms with Crippen LogP contribution in [0.5, 0.6) is 0 Å². The van der Waals surface area contributed by atoms with Gasteiger partial charge in [0, 0.05) is 15.9 Å². The Morgan fingerprint density at radius 3 is 2.63 bits per heavy atom. The second-order valence-corrected chi connectivity index (χ2v) is 5.99. The van der Waals surface area contributed by atoms with Gasteiger partial charge in [0.05, 0.1) is 0 Å². The van der Waals surface area contributed by atoms with Crippen LogP contribution < -0.4 is 5.32 Å². The van der Waals surface area contributed by atoms with Gasteiger partial charge in [-0.2, -0.15) is 15.0 Å². The van der Waals surface area contributed by atoms with Gasteiger partial charge >= 0.3 is 0 Å². The Kier molecular flexibility index (Phi) is 5.42. The van der Waals surface area contributed by atoms with Gasteiger partial charge in [0.1, 0.15) is 0 Å². The van der Waals surface area contributed by atoms with Crippen LogP contribution in [0.2, 0.25) is 5.28 Å². The highest BCUT2D eigenvalue weighted by molar-refractivity contribution is 9.10. The quantitative estimate of drug-likeness (QED) is 0.864. The molecule has 0 atom stereocenters. The van der Waals surface area contributed by atoms with Gasteiger partial charge in [0.2, 0.25) is 11.2 Å². The van der Waals surface area contributed by atoms with Crippen molar-refractivity contribution in [2.75, 3.05) is 11.9 Å². The lowest BCUT2D eigenvalue weighted by atomic mass is 10.4. The number of halogens is 2. The topological polar surface area (TPSA) is 50.7 Å². The van der Waals surface area contributed by atoms with E-state index in [2.05, 4.69) is 43.1 Å². The van der Waals surface area contributed by atoms with E-state index in [-0.39, 0.29) is 5.28 Å². The van der Waals surface area contributed by atoms with Crippen LogP contribution in [0, 0.1) is 0 Å². The fourth-order valence-corrected chi connectivity index (χ4v) is 2.52. The van der Waals surface area contributed by atoms with Crippen LogP contribution >= 0.6 is 39.3 Å². The van der Waals surface area contributed by atoms with Crippen molar-refractivity contribution in [3.05, 3.63) is 34.0 Å². The normalized spacial score (nSPS) is 10.5. The van der Waals surface area contributed by atoms with E-state index in [1.165, 1.54) is 11.8 Å². The first-order valence-corrected chi connectivity index (χ1v) is 7.75. The summed E-state index contributed by atoms with van der Waals surface area (Å²) in [6, 6.07) is 7.93. The summed E-state index contributed by atoms with van der Waals surface area (Å²) >= 11 is 10.7. The number of rotatable bonds is 5. The largest absolute Gasteiger partial charge is 0.354 e. The van der Waals surface area contributed by atoms with Gasteiger partial charge in [0.25, 0.3) is 0 Å². The van der Waals surface area contributed by atoms with E-state index in [9.17, 15) is 0 Å². The first-order chi connectivity index (χ1) is 9.17. The Morgan fingerprint density at radius 2 is 1.95 bits per heavy atom. The molecule has 0 saturated heterocycles. The SMILES string of the molecule is CCCNc1nc(Cl)nc(Sc2ccc(Br)cc2)n1. The lowest BCUT2D eigenvalue weighted by molar-refractivity contribution is 0.878. The molecule has 19 heavy (non-hydrogen) atoms. The first kappa shape index (κ1) is 14.6. The van der Waals surface area contributed by atoms with Gasteiger partial charge in [-0.25, -0.2) is 0 Å². The fourth-order valence-electron chi connectivity index (χ4n) is 1.30. The smallest absolute Gasteiger partial charge is 0.228 e. The Balaban J connectivity index is 2.15. The molecule has 0 radical (unpaired) electrons. The number of aromatic nitrogens is 3. The predicted molar refractivity (Wildman–Crippen MR) is 81.9 cm³/mol. The Morgan fingerprint density at radius 1 is 1.21 bits per heavy atom. The molecule has 100 valence electrons. The maximum absolute atomic E-state index is 5.90. The minimum Gasteiger partial charge on any atom is -0.354 e. The number of hydrogen-bond acceptors (Lipinski definition) is 5. The molecule has 2 rings (SSSR count). The number of anilines is 1.